The van der Waals surface area contributed by atoms with Crippen LogP contribution >= 0.6 is 11.6 Å². The zero-order chi connectivity index (χ0) is 9.26. The fourth-order valence-electron chi connectivity index (χ4n) is 1.29. The molecule has 0 saturated heterocycles. The Balaban J connectivity index is 2.86. The van der Waals surface area contributed by atoms with Gasteiger partial charge in [0.1, 0.15) is 0 Å². The van der Waals surface area contributed by atoms with Crippen LogP contribution in [0.25, 0.3) is 10.8 Å². The highest BCUT2D eigenvalue weighted by molar-refractivity contribution is 7.65. The van der Waals surface area contributed by atoms with Crippen molar-refractivity contribution in [3.8, 4) is 0 Å². The van der Waals surface area contributed by atoms with Gasteiger partial charge in [-0.15, -0.1) is 0 Å². The van der Waals surface area contributed by atoms with Crippen LogP contribution in [-0.2, 0) is 15.9 Å². The second kappa shape index (κ2) is 3.40. The molecule has 0 radical (unpaired) electrons. The highest BCUT2D eigenvalue weighted by atomic mass is 35.5. The van der Waals surface area contributed by atoms with Crippen molar-refractivity contribution in [3.05, 3.63) is 41.4 Å². The molecule has 0 N–H and O–H groups in total. The van der Waals surface area contributed by atoms with Crippen LogP contribution in [0.15, 0.2) is 41.3 Å². The third kappa shape index (κ3) is 1.55. The summed E-state index contributed by atoms with van der Waals surface area (Å²) >= 11 is 6.33. The fourth-order valence-corrected chi connectivity index (χ4v) is 1.86. The molecule has 0 atom stereocenters. The number of fused-ring (bicyclic) bond motifs is 1. The SMILES string of the molecule is O=[S+]c1cccc2ccc(Cl)cc12. The quantitative estimate of drug-likeness (QED) is 0.659. The van der Waals surface area contributed by atoms with Gasteiger partial charge >= 0.3 is 11.7 Å². The molecule has 13 heavy (non-hydrogen) atoms. The molecule has 0 unspecified atom stereocenters. The van der Waals surface area contributed by atoms with Gasteiger partial charge in [0.2, 0.25) is 0 Å². The summed E-state index contributed by atoms with van der Waals surface area (Å²) in [6.45, 7) is 0. The van der Waals surface area contributed by atoms with Crippen molar-refractivity contribution in [3.63, 3.8) is 0 Å². The van der Waals surface area contributed by atoms with Crippen molar-refractivity contribution in [2.24, 2.45) is 0 Å². The molecule has 0 aliphatic rings. The van der Waals surface area contributed by atoms with Crippen molar-refractivity contribution in [1.29, 1.82) is 0 Å². The van der Waals surface area contributed by atoms with E-state index in [1.807, 2.05) is 30.3 Å². The zero-order valence-corrected chi connectivity index (χ0v) is 8.23. The Morgan fingerprint density at radius 1 is 1.15 bits per heavy atom. The number of benzene rings is 2. The highest BCUT2D eigenvalue weighted by Crippen LogP contribution is 2.22. The average Bonchev–Trinajstić information content (AvgIpc) is 2.17. The van der Waals surface area contributed by atoms with Gasteiger partial charge in [-0.1, -0.05) is 29.8 Å². The van der Waals surface area contributed by atoms with Gasteiger partial charge < -0.3 is 0 Å². The smallest absolute Gasteiger partial charge is 0.0843 e. The molecule has 0 saturated carbocycles. The third-order valence-electron chi connectivity index (χ3n) is 1.89. The molecule has 0 spiro atoms. The second-order valence-electron chi connectivity index (χ2n) is 2.70. The lowest BCUT2D eigenvalue weighted by Crippen LogP contribution is -1.78. The van der Waals surface area contributed by atoms with E-state index in [1.165, 1.54) is 0 Å². The molecule has 0 heterocycles. The van der Waals surface area contributed by atoms with Gasteiger partial charge in [0.15, 0.2) is 0 Å². The van der Waals surface area contributed by atoms with E-state index in [2.05, 4.69) is 0 Å². The maximum absolute atomic E-state index is 10.7. The lowest BCUT2D eigenvalue weighted by atomic mass is 10.1. The van der Waals surface area contributed by atoms with Crippen molar-refractivity contribution >= 4 is 34.0 Å². The van der Waals surface area contributed by atoms with Crippen molar-refractivity contribution in [1.82, 2.24) is 0 Å². The minimum Gasteiger partial charge on any atom is -0.0843 e. The average molecular weight is 210 g/mol. The third-order valence-corrected chi connectivity index (χ3v) is 2.66. The van der Waals surface area contributed by atoms with E-state index in [9.17, 15) is 4.21 Å². The number of rotatable bonds is 1. The molecule has 0 aromatic heterocycles. The van der Waals surface area contributed by atoms with Gasteiger partial charge in [-0.3, -0.25) is 0 Å². The van der Waals surface area contributed by atoms with Crippen molar-refractivity contribution in [2.75, 3.05) is 0 Å². The molecule has 2 aromatic carbocycles. The van der Waals surface area contributed by atoms with Crippen molar-refractivity contribution < 1.29 is 4.21 Å². The summed E-state index contributed by atoms with van der Waals surface area (Å²) in [5.41, 5.74) is 0. The van der Waals surface area contributed by atoms with E-state index in [1.54, 1.807) is 6.07 Å². The molecule has 64 valence electrons. The first-order valence-corrected chi connectivity index (χ1v) is 4.91. The van der Waals surface area contributed by atoms with Gasteiger partial charge in [-0.05, 0) is 17.5 Å². The molecule has 2 rings (SSSR count). The van der Waals surface area contributed by atoms with Gasteiger partial charge in [0.25, 0.3) is 4.90 Å². The molecule has 0 bridgehead atoms. The lowest BCUT2D eigenvalue weighted by Gasteiger charge is -1.94. The van der Waals surface area contributed by atoms with E-state index in [-0.39, 0.29) is 0 Å². The first-order valence-electron chi connectivity index (χ1n) is 3.79. The van der Waals surface area contributed by atoms with Crippen LogP contribution in [0.4, 0.5) is 0 Å². The van der Waals surface area contributed by atoms with E-state index >= 15 is 0 Å². The van der Waals surface area contributed by atoms with Crippen LogP contribution in [0.5, 0.6) is 0 Å². The Kier molecular flexibility index (Phi) is 2.25. The van der Waals surface area contributed by atoms with Crippen LogP contribution in [0.3, 0.4) is 0 Å². The van der Waals surface area contributed by atoms with Gasteiger partial charge in [0.05, 0.1) is 5.39 Å². The summed E-state index contributed by atoms with van der Waals surface area (Å²) in [5.74, 6) is 0. The second-order valence-corrected chi connectivity index (χ2v) is 3.75. The molecule has 0 amide bonds. The lowest BCUT2D eigenvalue weighted by molar-refractivity contribution is 0.605. The van der Waals surface area contributed by atoms with Crippen LogP contribution in [-0.4, -0.2) is 0 Å². The summed E-state index contributed by atoms with van der Waals surface area (Å²) in [6, 6.07) is 11.2. The number of hydrogen-bond acceptors (Lipinski definition) is 1. The highest BCUT2D eigenvalue weighted by Gasteiger charge is 2.11. The van der Waals surface area contributed by atoms with E-state index < -0.39 is 0 Å². The summed E-state index contributed by atoms with van der Waals surface area (Å²) in [4.78, 5) is 0.722. The fraction of sp³-hybridized carbons (Fsp3) is 0. The molecular weight excluding hydrogens is 204 g/mol. The predicted molar refractivity (Wildman–Crippen MR) is 55.3 cm³/mol. The van der Waals surface area contributed by atoms with Crippen molar-refractivity contribution in [2.45, 2.75) is 4.90 Å². The topological polar surface area (TPSA) is 17.1 Å². The van der Waals surface area contributed by atoms with Crippen LogP contribution in [0.2, 0.25) is 5.02 Å². The number of halogens is 1. The maximum Gasteiger partial charge on any atom is 0.505 e. The Hall–Kier alpha value is -0.990. The standard InChI is InChI=1S/C10H6ClOS/c11-8-5-4-7-2-1-3-10(13-12)9(7)6-8/h1-6H/q+1. The summed E-state index contributed by atoms with van der Waals surface area (Å²) < 4.78 is 10.7. The molecular formula is C10H6ClOS+. The molecule has 0 aliphatic heterocycles. The summed E-state index contributed by atoms with van der Waals surface area (Å²) in [6.07, 6.45) is 0. The monoisotopic (exact) mass is 209 g/mol. The first kappa shape index (κ1) is 8.60. The Morgan fingerprint density at radius 2 is 2.00 bits per heavy atom. The van der Waals surface area contributed by atoms with Gasteiger partial charge in [-0.25, -0.2) is 0 Å². The minimum absolute atomic E-state index is 0.498. The summed E-state index contributed by atoms with van der Waals surface area (Å²) in [5, 5.41) is 2.63. The van der Waals surface area contributed by atoms with E-state index in [4.69, 9.17) is 11.6 Å². The van der Waals surface area contributed by atoms with Crippen LogP contribution in [0.1, 0.15) is 0 Å². The maximum atomic E-state index is 10.7. The molecule has 2 aromatic rings. The normalized spacial score (nSPS) is 10.2. The summed E-state index contributed by atoms with van der Waals surface area (Å²) in [7, 11) is 0. The van der Waals surface area contributed by atoms with Gasteiger partial charge in [0, 0.05) is 15.3 Å². The van der Waals surface area contributed by atoms with Crippen LogP contribution < -0.4 is 0 Å². The van der Waals surface area contributed by atoms with E-state index in [0.717, 1.165) is 15.7 Å². The molecule has 3 heteroatoms. The first-order chi connectivity index (χ1) is 6.31. The molecule has 1 nitrogen and oxygen atoms in total. The zero-order valence-electron chi connectivity index (χ0n) is 6.66. The Morgan fingerprint density at radius 3 is 2.77 bits per heavy atom. The van der Waals surface area contributed by atoms with E-state index in [0.29, 0.717) is 16.7 Å². The largest absolute Gasteiger partial charge is 0.505 e. The minimum atomic E-state index is 0.498. The predicted octanol–water partition coefficient (Wildman–Crippen LogP) is 3.28. The van der Waals surface area contributed by atoms with Crippen LogP contribution in [0, 0.1) is 0 Å². The Labute approximate surface area is 84.8 Å². The molecule has 0 aliphatic carbocycles. The van der Waals surface area contributed by atoms with Gasteiger partial charge in [-0.2, -0.15) is 0 Å². The Bertz CT molecular complexity index is 467. The number of hydrogen-bond donors (Lipinski definition) is 0. The molecule has 0 fully saturated rings.